The third-order valence-corrected chi connectivity index (χ3v) is 5.40. The van der Waals surface area contributed by atoms with Crippen molar-refractivity contribution in [3.8, 4) is 0 Å². The van der Waals surface area contributed by atoms with Crippen LogP contribution in [-0.2, 0) is 12.5 Å². The molecular weight excluding hydrogens is 307 g/mol. The first kappa shape index (κ1) is 14.1. The van der Waals surface area contributed by atoms with Gasteiger partial charge in [0.25, 0.3) is 0 Å². The molecule has 102 valence electrons. The normalized spacial score (nSPS) is 11.8. The summed E-state index contributed by atoms with van der Waals surface area (Å²) < 4.78 is 2.60. The predicted molar refractivity (Wildman–Crippen MR) is 78.2 cm³/mol. The summed E-state index contributed by atoms with van der Waals surface area (Å²) in [6.07, 6.45) is 0. The Bertz CT molecular complexity index is 705. The van der Waals surface area contributed by atoms with Crippen molar-refractivity contribution in [2.45, 2.75) is 26.2 Å². The Hall–Kier alpha value is -1.32. The topological polar surface area (TPSA) is 51.1 Å². The Kier molecular flexibility index (Phi) is 3.45. The van der Waals surface area contributed by atoms with Gasteiger partial charge in [-0.1, -0.05) is 0 Å². The number of benzene rings is 1. The molecule has 0 spiro atoms. The number of nitrogens with one attached hydrogen (secondary N) is 1. The van der Waals surface area contributed by atoms with Gasteiger partial charge in [0.1, 0.15) is 0 Å². The van der Waals surface area contributed by atoms with E-state index in [1.165, 1.54) is 0 Å². The van der Waals surface area contributed by atoms with Gasteiger partial charge in [0.2, 0.25) is 0 Å². The molecule has 1 aromatic carbocycles. The van der Waals surface area contributed by atoms with Crippen LogP contribution in [0.3, 0.4) is 0 Å². The number of amides is 1. The number of fused-ring (bicyclic) bond motifs is 1. The summed E-state index contributed by atoms with van der Waals surface area (Å²) in [7, 11) is 3.40. The molecule has 4 nitrogen and oxygen atoms in total. The molecule has 0 fully saturated rings. The molecule has 1 N–H and O–H groups in total. The van der Waals surface area contributed by atoms with Crippen LogP contribution < -0.4 is 10.9 Å². The monoisotopic (exact) mass is 326 g/mol. The first-order valence-corrected chi connectivity index (χ1v) is 7.74. The summed E-state index contributed by atoms with van der Waals surface area (Å²) in [4.78, 5) is 24.2. The molecule has 1 amide bonds. The standard InChI is InChI=1S/C14H18N2O2Se/c1-14(2,3)8-6-9(12(17)15-4)11-10(7-8)13(18)16(5)19-11/h6-7H,1-5H3,(H,15,17). The number of nitrogens with zero attached hydrogens (tertiary/aromatic N) is 1. The molecular formula is C14H18N2O2Se. The van der Waals surface area contributed by atoms with E-state index in [1.807, 2.05) is 12.1 Å². The minimum absolute atomic E-state index is 0.0197. The first-order chi connectivity index (χ1) is 8.75. The van der Waals surface area contributed by atoms with Crippen LogP contribution in [0.4, 0.5) is 0 Å². The van der Waals surface area contributed by atoms with Crippen LogP contribution in [-0.4, -0.2) is 31.2 Å². The van der Waals surface area contributed by atoms with Crippen molar-refractivity contribution in [1.82, 2.24) is 8.88 Å². The second-order valence-electron chi connectivity index (χ2n) is 5.62. The van der Waals surface area contributed by atoms with Crippen LogP contribution in [0.5, 0.6) is 0 Å². The van der Waals surface area contributed by atoms with E-state index in [0.29, 0.717) is 10.9 Å². The zero-order chi connectivity index (χ0) is 14.4. The van der Waals surface area contributed by atoms with E-state index in [0.717, 1.165) is 9.82 Å². The number of hydrogen-bond donors (Lipinski definition) is 1. The van der Waals surface area contributed by atoms with Crippen molar-refractivity contribution >= 4 is 30.3 Å². The molecule has 2 aromatic rings. The molecule has 5 heteroatoms. The van der Waals surface area contributed by atoms with Gasteiger partial charge in [-0.3, -0.25) is 0 Å². The molecule has 1 aromatic heterocycles. The van der Waals surface area contributed by atoms with Crippen LogP contribution >= 0.6 is 0 Å². The molecule has 0 saturated heterocycles. The molecule has 0 aliphatic carbocycles. The van der Waals surface area contributed by atoms with Gasteiger partial charge >= 0.3 is 118 Å². The minimum atomic E-state index is -0.118. The summed E-state index contributed by atoms with van der Waals surface area (Å²) in [6.45, 7) is 6.24. The van der Waals surface area contributed by atoms with E-state index in [-0.39, 0.29) is 31.6 Å². The molecule has 0 unspecified atom stereocenters. The maximum absolute atomic E-state index is 12.1. The van der Waals surface area contributed by atoms with E-state index >= 15 is 0 Å². The molecule has 0 bridgehead atoms. The Morgan fingerprint density at radius 2 is 1.95 bits per heavy atom. The fourth-order valence-electron chi connectivity index (χ4n) is 1.97. The van der Waals surface area contributed by atoms with Crippen molar-refractivity contribution in [1.29, 1.82) is 0 Å². The molecule has 0 radical (unpaired) electrons. The van der Waals surface area contributed by atoms with Crippen molar-refractivity contribution in [3.05, 3.63) is 33.6 Å². The van der Waals surface area contributed by atoms with Crippen molar-refractivity contribution < 1.29 is 4.79 Å². The fraction of sp³-hybridized carbons (Fsp3) is 0.429. The van der Waals surface area contributed by atoms with E-state index in [9.17, 15) is 9.59 Å². The van der Waals surface area contributed by atoms with Gasteiger partial charge < -0.3 is 0 Å². The van der Waals surface area contributed by atoms with Gasteiger partial charge in [-0.25, -0.2) is 0 Å². The number of rotatable bonds is 1. The second-order valence-corrected chi connectivity index (χ2v) is 8.01. The second kappa shape index (κ2) is 4.66. The van der Waals surface area contributed by atoms with Crippen LogP contribution in [0.1, 0.15) is 36.7 Å². The SMILES string of the molecule is CNC(=O)c1cc(C(C)(C)C)cc2c(=O)n(C)[se]c12. The fourth-order valence-corrected chi connectivity index (χ4v) is 3.96. The summed E-state index contributed by atoms with van der Waals surface area (Å²) in [5, 5.41) is 3.35. The number of aryl methyl sites for hydroxylation is 1. The number of aromatic nitrogens is 1. The van der Waals surface area contributed by atoms with Crippen LogP contribution in [0.25, 0.3) is 9.65 Å². The van der Waals surface area contributed by atoms with Crippen molar-refractivity contribution in [2.24, 2.45) is 7.05 Å². The Labute approximate surface area is 118 Å². The molecule has 2 rings (SSSR count). The average Bonchev–Trinajstić information content (AvgIpc) is 2.62. The summed E-state index contributed by atoms with van der Waals surface area (Å²) in [6, 6.07) is 3.86. The third kappa shape index (κ3) is 2.40. The quantitative estimate of drug-likeness (QED) is 0.803. The van der Waals surface area contributed by atoms with Crippen LogP contribution in [0, 0.1) is 0 Å². The summed E-state index contributed by atoms with van der Waals surface area (Å²) in [5.74, 6) is -0.118. The first-order valence-electron chi connectivity index (χ1n) is 6.12. The molecule has 1 heterocycles. The van der Waals surface area contributed by atoms with E-state index in [1.54, 1.807) is 17.7 Å². The Morgan fingerprint density at radius 1 is 1.32 bits per heavy atom. The van der Waals surface area contributed by atoms with Crippen molar-refractivity contribution in [3.63, 3.8) is 0 Å². The molecule has 0 saturated carbocycles. The van der Waals surface area contributed by atoms with Gasteiger partial charge in [-0.15, -0.1) is 0 Å². The maximum atomic E-state index is 12.1. The zero-order valence-corrected chi connectivity index (χ0v) is 13.5. The zero-order valence-electron chi connectivity index (χ0n) is 11.8. The molecule has 0 aliphatic heterocycles. The Morgan fingerprint density at radius 3 is 2.47 bits per heavy atom. The molecule has 0 aliphatic rings. The predicted octanol–water partition coefficient (Wildman–Crippen LogP) is 1.25. The van der Waals surface area contributed by atoms with Crippen LogP contribution in [0.2, 0.25) is 0 Å². The van der Waals surface area contributed by atoms with E-state index in [2.05, 4.69) is 26.1 Å². The number of carbonyl (C=O) groups is 1. The van der Waals surface area contributed by atoms with E-state index < -0.39 is 0 Å². The Balaban J connectivity index is 2.88. The summed E-state index contributed by atoms with van der Waals surface area (Å²) in [5.41, 5.74) is 1.59. The number of carbonyl (C=O) groups excluding carboxylic acids is 1. The van der Waals surface area contributed by atoms with Gasteiger partial charge in [0.05, 0.1) is 0 Å². The molecule has 19 heavy (non-hydrogen) atoms. The number of hydrogen-bond acceptors (Lipinski definition) is 2. The molecule has 0 atom stereocenters. The van der Waals surface area contributed by atoms with Crippen molar-refractivity contribution in [2.75, 3.05) is 7.05 Å². The van der Waals surface area contributed by atoms with Gasteiger partial charge in [-0.05, 0) is 0 Å². The summed E-state index contributed by atoms with van der Waals surface area (Å²) >= 11 is -0.106. The van der Waals surface area contributed by atoms with Gasteiger partial charge in [0, 0.05) is 0 Å². The van der Waals surface area contributed by atoms with Gasteiger partial charge in [0.15, 0.2) is 0 Å². The third-order valence-electron chi connectivity index (χ3n) is 3.17. The average molecular weight is 325 g/mol. The van der Waals surface area contributed by atoms with Gasteiger partial charge in [-0.2, -0.15) is 0 Å². The van der Waals surface area contributed by atoms with E-state index in [4.69, 9.17) is 0 Å². The van der Waals surface area contributed by atoms with Crippen LogP contribution in [0.15, 0.2) is 16.9 Å².